The van der Waals surface area contributed by atoms with Gasteiger partial charge in [0.1, 0.15) is 11.6 Å². The SMILES string of the molecule is CC(Oc1cccc(F)c1)[C@H]1CC[C@H](CN2Cc3cc(F)c(O)c(F)c3C2=O)CC1. The molecule has 1 saturated carbocycles. The summed E-state index contributed by atoms with van der Waals surface area (Å²) in [5.74, 6) is -3.04. The summed E-state index contributed by atoms with van der Waals surface area (Å²) < 4.78 is 47.0. The molecule has 1 N–H and O–H groups in total. The zero-order valence-corrected chi connectivity index (χ0v) is 16.7. The van der Waals surface area contributed by atoms with Crippen LogP contribution in [0.3, 0.4) is 0 Å². The van der Waals surface area contributed by atoms with Crippen molar-refractivity contribution in [2.45, 2.75) is 45.3 Å². The van der Waals surface area contributed by atoms with Gasteiger partial charge in [0.25, 0.3) is 5.91 Å². The maximum atomic E-state index is 14.1. The van der Waals surface area contributed by atoms with E-state index in [1.807, 2.05) is 6.92 Å². The lowest BCUT2D eigenvalue weighted by atomic mass is 9.79. The molecule has 1 fully saturated rings. The van der Waals surface area contributed by atoms with Gasteiger partial charge in [-0.15, -0.1) is 0 Å². The second kappa shape index (κ2) is 8.20. The first-order valence-corrected chi connectivity index (χ1v) is 10.2. The van der Waals surface area contributed by atoms with Crippen molar-refractivity contribution in [3.05, 3.63) is 58.9 Å². The maximum absolute atomic E-state index is 14.1. The number of carbonyl (C=O) groups is 1. The van der Waals surface area contributed by atoms with E-state index in [0.29, 0.717) is 18.2 Å². The first-order chi connectivity index (χ1) is 14.3. The van der Waals surface area contributed by atoms with Crippen LogP contribution in [0.5, 0.6) is 11.5 Å². The fourth-order valence-corrected chi connectivity index (χ4v) is 4.60. The van der Waals surface area contributed by atoms with Crippen molar-refractivity contribution in [2.75, 3.05) is 6.54 Å². The fourth-order valence-electron chi connectivity index (χ4n) is 4.60. The summed E-state index contributed by atoms with van der Waals surface area (Å²) in [6.07, 6.45) is 3.57. The Balaban J connectivity index is 1.32. The van der Waals surface area contributed by atoms with Crippen LogP contribution < -0.4 is 4.74 Å². The predicted molar refractivity (Wildman–Crippen MR) is 105 cm³/mol. The Labute approximate surface area is 173 Å². The first kappa shape index (κ1) is 20.6. The van der Waals surface area contributed by atoms with E-state index in [9.17, 15) is 23.1 Å². The van der Waals surface area contributed by atoms with E-state index in [2.05, 4.69) is 0 Å². The van der Waals surface area contributed by atoms with Gasteiger partial charge in [-0.1, -0.05) is 6.07 Å². The van der Waals surface area contributed by atoms with Crippen molar-refractivity contribution in [1.82, 2.24) is 4.90 Å². The van der Waals surface area contributed by atoms with Crippen LogP contribution in [0.4, 0.5) is 13.2 Å². The number of ether oxygens (including phenoxy) is 1. The van der Waals surface area contributed by atoms with E-state index in [1.54, 1.807) is 12.1 Å². The number of phenolic OH excluding ortho intramolecular Hbond substituents is 1. The summed E-state index contributed by atoms with van der Waals surface area (Å²) in [6, 6.07) is 7.14. The Bertz CT molecular complexity index is 957. The van der Waals surface area contributed by atoms with Gasteiger partial charge in [-0.05, 0) is 68.2 Å². The van der Waals surface area contributed by atoms with E-state index in [-0.39, 0.29) is 35.5 Å². The third-order valence-corrected chi connectivity index (χ3v) is 6.29. The van der Waals surface area contributed by atoms with Crippen LogP contribution in [-0.4, -0.2) is 28.6 Å². The maximum Gasteiger partial charge on any atom is 0.257 e. The van der Waals surface area contributed by atoms with Gasteiger partial charge >= 0.3 is 0 Å². The molecule has 4 rings (SSSR count). The van der Waals surface area contributed by atoms with Gasteiger partial charge in [0.15, 0.2) is 17.4 Å². The second-order valence-corrected chi connectivity index (χ2v) is 8.30. The molecule has 1 atom stereocenters. The fraction of sp³-hybridized carbons (Fsp3) is 0.435. The number of carbonyl (C=O) groups excluding carboxylic acids is 1. The molecule has 2 aliphatic rings. The van der Waals surface area contributed by atoms with E-state index in [4.69, 9.17) is 4.74 Å². The highest BCUT2D eigenvalue weighted by atomic mass is 19.1. The molecule has 0 aromatic heterocycles. The van der Waals surface area contributed by atoms with Gasteiger partial charge < -0.3 is 14.7 Å². The van der Waals surface area contributed by atoms with Gasteiger partial charge in [0, 0.05) is 19.2 Å². The van der Waals surface area contributed by atoms with Gasteiger partial charge in [-0.3, -0.25) is 4.79 Å². The van der Waals surface area contributed by atoms with Gasteiger partial charge in [-0.25, -0.2) is 13.2 Å². The van der Waals surface area contributed by atoms with Crippen molar-refractivity contribution in [3.8, 4) is 11.5 Å². The summed E-state index contributed by atoms with van der Waals surface area (Å²) in [7, 11) is 0. The number of benzene rings is 2. The summed E-state index contributed by atoms with van der Waals surface area (Å²) in [6.45, 7) is 2.61. The third kappa shape index (κ3) is 3.98. The molecule has 2 aromatic carbocycles. The van der Waals surface area contributed by atoms with Crippen LogP contribution >= 0.6 is 0 Å². The van der Waals surface area contributed by atoms with Gasteiger partial charge in [-0.2, -0.15) is 0 Å². The molecule has 1 aliphatic heterocycles. The normalized spacial score (nSPS) is 22.1. The molecule has 7 heteroatoms. The molecule has 1 amide bonds. The Morgan fingerprint density at radius 3 is 2.60 bits per heavy atom. The van der Waals surface area contributed by atoms with E-state index < -0.39 is 23.3 Å². The van der Waals surface area contributed by atoms with E-state index >= 15 is 0 Å². The Hall–Kier alpha value is -2.70. The lowest BCUT2D eigenvalue weighted by Crippen LogP contribution is -2.34. The van der Waals surface area contributed by atoms with E-state index in [1.165, 1.54) is 17.0 Å². The molecule has 1 heterocycles. The molecule has 4 nitrogen and oxygen atoms in total. The molecule has 1 unspecified atom stereocenters. The Kier molecular flexibility index (Phi) is 5.62. The monoisotopic (exact) mass is 419 g/mol. The number of amides is 1. The lowest BCUT2D eigenvalue weighted by Gasteiger charge is -2.34. The Morgan fingerprint density at radius 1 is 1.17 bits per heavy atom. The first-order valence-electron chi connectivity index (χ1n) is 10.2. The highest BCUT2D eigenvalue weighted by molar-refractivity contribution is 5.99. The minimum Gasteiger partial charge on any atom is -0.503 e. The average molecular weight is 419 g/mol. The number of hydrogen-bond acceptors (Lipinski definition) is 3. The second-order valence-electron chi connectivity index (χ2n) is 8.30. The van der Waals surface area contributed by atoms with Crippen molar-refractivity contribution >= 4 is 5.91 Å². The predicted octanol–water partition coefficient (Wildman–Crippen LogP) is 5.04. The minimum absolute atomic E-state index is 0.0505. The molecule has 30 heavy (non-hydrogen) atoms. The lowest BCUT2D eigenvalue weighted by molar-refractivity contribution is 0.0682. The topological polar surface area (TPSA) is 49.8 Å². The number of rotatable bonds is 5. The molecule has 1 aliphatic carbocycles. The molecule has 2 aromatic rings. The number of halogens is 3. The average Bonchev–Trinajstić information content (AvgIpc) is 3.02. The highest BCUT2D eigenvalue weighted by Gasteiger charge is 2.36. The van der Waals surface area contributed by atoms with Crippen LogP contribution in [-0.2, 0) is 6.54 Å². The van der Waals surface area contributed by atoms with Crippen LogP contribution in [0, 0.1) is 29.3 Å². The standard InChI is InChI=1S/C23H24F3NO3/c1-13(30-18-4-2-3-17(24)10-18)15-7-5-14(6-8-15)11-27-12-16-9-19(25)22(28)21(26)20(16)23(27)29/h2-4,9-10,13-15,28H,5-8,11-12H2,1H3/t13?,14-,15-. The summed E-state index contributed by atoms with van der Waals surface area (Å²) in [5.41, 5.74) is 0.0540. The van der Waals surface area contributed by atoms with Crippen LogP contribution in [0.2, 0.25) is 0 Å². The van der Waals surface area contributed by atoms with Gasteiger partial charge in [0.05, 0.1) is 11.7 Å². The number of nitrogens with zero attached hydrogens (tertiary/aromatic N) is 1. The summed E-state index contributed by atoms with van der Waals surface area (Å²) in [5, 5.41) is 9.44. The third-order valence-electron chi connectivity index (χ3n) is 6.29. The molecular weight excluding hydrogens is 395 g/mol. The molecule has 0 saturated heterocycles. The number of fused-ring (bicyclic) bond motifs is 1. The summed E-state index contributed by atoms with van der Waals surface area (Å²) in [4.78, 5) is 14.1. The van der Waals surface area contributed by atoms with Crippen molar-refractivity contribution in [2.24, 2.45) is 11.8 Å². The molecule has 0 bridgehead atoms. The molecule has 0 spiro atoms. The zero-order valence-electron chi connectivity index (χ0n) is 16.7. The van der Waals surface area contributed by atoms with Crippen molar-refractivity contribution < 1.29 is 27.8 Å². The van der Waals surface area contributed by atoms with Crippen molar-refractivity contribution in [3.63, 3.8) is 0 Å². The quantitative estimate of drug-likeness (QED) is 0.739. The van der Waals surface area contributed by atoms with Gasteiger partial charge in [0.2, 0.25) is 0 Å². The van der Waals surface area contributed by atoms with Crippen LogP contribution in [0.15, 0.2) is 30.3 Å². The number of hydrogen-bond donors (Lipinski definition) is 1. The smallest absolute Gasteiger partial charge is 0.257 e. The largest absolute Gasteiger partial charge is 0.503 e. The molecular formula is C23H24F3NO3. The number of phenols is 1. The van der Waals surface area contributed by atoms with Crippen molar-refractivity contribution in [1.29, 1.82) is 0 Å². The van der Waals surface area contributed by atoms with Crippen LogP contribution in [0.1, 0.15) is 48.5 Å². The highest BCUT2D eigenvalue weighted by Crippen LogP contribution is 2.36. The zero-order chi connectivity index (χ0) is 21.4. The van der Waals surface area contributed by atoms with E-state index in [0.717, 1.165) is 31.7 Å². The summed E-state index contributed by atoms with van der Waals surface area (Å²) >= 11 is 0. The Morgan fingerprint density at radius 2 is 1.90 bits per heavy atom. The molecule has 160 valence electrons. The van der Waals surface area contributed by atoms with Crippen LogP contribution in [0.25, 0.3) is 0 Å². The minimum atomic E-state index is -1.18. The number of aromatic hydroxyl groups is 1. The molecule has 0 radical (unpaired) electrons.